The van der Waals surface area contributed by atoms with Gasteiger partial charge in [-0.2, -0.15) is 0 Å². The third-order valence-electron chi connectivity index (χ3n) is 2.48. The normalized spacial score (nSPS) is 13.3. The molecule has 1 aliphatic heterocycles. The van der Waals surface area contributed by atoms with Gasteiger partial charge in [0.15, 0.2) is 0 Å². The van der Waals surface area contributed by atoms with E-state index in [1.807, 2.05) is 0 Å². The van der Waals surface area contributed by atoms with Crippen molar-refractivity contribution in [1.29, 1.82) is 0 Å². The van der Waals surface area contributed by atoms with Crippen LogP contribution >= 0.6 is 0 Å². The summed E-state index contributed by atoms with van der Waals surface area (Å²) in [6.07, 6.45) is 0. The Morgan fingerprint density at radius 2 is 2.30 bits per heavy atom. The zero-order valence-corrected chi connectivity index (χ0v) is 11.1. The summed E-state index contributed by atoms with van der Waals surface area (Å²) in [7, 11) is 0. The quantitative estimate of drug-likeness (QED) is 0.611. The van der Waals surface area contributed by atoms with Gasteiger partial charge in [0.05, 0.1) is 13.1 Å². The standard InChI is InChI=1S/C13H15N3O4/c1-9(17)19-7-5-14-12(18)10-3-2-4-11(16-10)13-15-6-8-20-13/h2-4H,5-8H2,1H3,(H,14,18). The highest BCUT2D eigenvalue weighted by Crippen LogP contribution is 2.06. The number of nitrogens with zero attached hydrogens (tertiary/aromatic N) is 2. The number of aliphatic imine (C=N–C) groups is 1. The van der Waals surface area contributed by atoms with Gasteiger partial charge in [-0.05, 0) is 12.1 Å². The lowest BCUT2D eigenvalue weighted by Gasteiger charge is -2.06. The van der Waals surface area contributed by atoms with Crippen LogP contribution in [0.5, 0.6) is 0 Å². The van der Waals surface area contributed by atoms with Crippen molar-refractivity contribution in [3.05, 3.63) is 29.6 Å². The summed E-state index contributed by atoms with van der Waals surface area (Å²) in [4.78, 5) is 30.8. The second-order valence-electron chi connectivity index (χ2n) is 4.04. The highest BCUT2D eigenvalue weighted by atomic mass is 16.5. The van der Waals surface area contributed by atoms with Crippen LogP contribution in [0.2, 0.25) is 0 Å². The number of carbonyl (C=O) groups excluding carboxylic acids is 2. The van der Waals surface area contributed by atoms with E-state index in [-0.39, 0.29) is 30.7 Å². The van der Waals surface area contributed by atoms with Gasteiger partial charge in [-0.25, -0.2) is 9.98 Å². The average molecular weight is 277 g/mol. The average Bonchev–Trinajstić information content (AvgIpc) is 2.97. The van der Waals surface area contributed by atoms with Gasteiger partial charge < -0.3 is 14.8 Å². The molecule has 0 unspecified atom stereocenters. The van der Waals surface area contributed by atoms with Crippen LogP contribution in [0.3, 0.4) is 0 Å². The molecule has 2 heterocycles. The molecule has 7 heteroatoms. The largest absolute Gasteiger partial charge is 0.474 e. The highest BCUT2D eigenvalue weighted by Gasteiger charge is 2.14. The molecule has 0 spiro atoms. The number of ether oxygens (including phenoxy) is 2. The molecule has 106 valence electrons. The minimum absolute atomic E-state index is 0.135. The second kappa shape index (κ2) is 6.65. The van der Waals surface area contributed by atoms with Gasteiger partial charge >= 0.3 is 5.97 Å². The van der Waals surface area contributed by atoms with Crippen LogP contribution in [0.1, 0.15) is 23.1 Å². The predicted molar refractivity (Wildman–Crippen MR) is 70.6 cm³/mol. The van der Waals surface area contributed by atoms with E-state index < -0.39 is 0 Å². The molecule has 2 rings (SSSR count). The lowest BCUT2D eigenvalue weighted by Crippen LogP contribution is -2.28. The van der Waals surface area contributed by atoms with Crippen LogP contribution in [-0.2, 0) is 14.3 Å². The molecule has 1 aliphatic rings. The van der Waals surface area contributed by atoms with E-state index in [0.717, 1.165) is 0 Å². The predicted octanol–water partition coefficient (Wildman–Crippen LogP) is 0.151. The number of hydrogen-bond acceptors (Lipinski definition) is 6. The number of amides is 1. The molecule has 7 nitrogen and oxygen atoms in total. The minimum Gasteiger partial charge on any atom is -0.474 e. The molecule has 0 aliphatic carbocycles. The molecule has 0 saturated heterocycles. The van der Waals surface area contributed by atoms with Gasteiger partial charge in [0, 0.05) is 6.92 Å². The van der Waals surface area contributed by atoms with E-state index in [1.54, 1.807) is 18.2 Å². The zero-order chi connectivity index (χ0) is 14.4. The summed E-state index contributed by atoms with van der Waals surface area (Å²) in [6.45, 7) is 2.83. The fourth-order valence-electron chi connectivity index (χ4n) is 1.62. The molecule has 20 heavy (non-hydrogen) atoms. The third kappa shape index (κ3) is 3.78. The molecule has 0 aromatic carbocycles. The summed E-state index contributed by atoms with van der Waals surface area (Å²) in [5.74, 6) is -0.257. The van der Waals surface area contributed by atoms with Crippen molar-refractivity contribution in [3.63, 3.8) is 0 Å². The summed E-state index contributed by atoms with van der Waals surface area (Å²) >= 11 is 0. The maximum Gasteiger partial charge on any atom is 0.302 e. The van der Waals surface area contributed by atoms with Crippen LogP contribution in [0.25, 0.3) is 0 Å². The van der Waals surface area contributed by atoms with Crippen molar-refractivity contribution < 1.29 is 19.1 Å². The zero-order valence-electron chi connectivity index (χ0n) is 11.1. The van der Waals surface area contributed by atoms with E-state index >= 15 is 0 Å². The maximum atomic E-state index is 11.9. The first-order valence-corrected chi connectivity index (χ1v) is 6.23. The van der Waals surface area contributed by atoms with Crippen molar-refractivity contribution in [2.45, 2.75) is 6.92 Å². The fourth-order valence-corrected chi connectivity index (χ4v) is 1.62. The van der Waals surface area contributed by atoms with Crippen LogP contribution in [-0.4, -0.2) is 49.1 Å². The molecule has 0 atom stereocenters. The summed E-state index contributed by atoms with van der Waals surface area (Å²) in [6, 6.07) is 5.05. The van der Waals surface area contributed by atoms with Crippen molar-refractivity contribution >= 4 is 17.8 Å². The van der Waals surface area contributed by atoms with Gasteiger partial charge in [-0.1, -0.05) is 6.07 Å². The topological polar surface area (TPSA) is 89.9 Å². The Labute approximate surface area is 116 Å². The molecule has 1 N–H and O–H groups in total. The maximum absolute atomic E-state index is 11.9. The van der Waals surface area contributed by atoms with Crippen LogP contribution < -0.4 is 5.32 Å². The van der Waals surface area contributed by atoms with Crippen LogP contribution in [0.15, 0.2) is 23.2 Å². The molecular formula is C13H15N3O4. The number of nitrogens with one attached hydrogen (secondary N) is 1. The first kappa shape index (κ1) is 14.0. The van der Waals surface area contributed by atoms with E-state index in [4.69, 9.17) is 9.47 Å². The second-order valence-corrected chi connectivity index (χ2v) is 4.04. The number of rotatable bonds is 5. The lowest BCUT2D eigenvalue weighted by molar-refractivity contribution is -0.140. The Kier molecular flexibility index (Phi) is 4.65. The number of hydrogen-bond donors (Lipinski definition) is 1. The van der Waals surface area contributed by atoms with Gasteiger partial charge in [-0.3, -0.25) is 9.59 Å². The SMILES string of the molecule is CC(=O)OCCNC(=O)c1cccc(C2=NCCO2)n1. The monoisotopic (exact) mass is 277 g/mol. The lowest BCUT2D eigenvalue weighted by atomic mass is 10.3. The van der Waals surface area contributed by atoms with Gasteiger partial charge in [0.1, 0.15) is 24.6 Å². The van der Waals surface area contributed by atoms with E-state index in [2.05, 4.69) is 15.3 Å². The third-order valence-corrected chi connectivity index (χ3v) is 2.48. The van der Waals surface area contributed by atoms with E-state index in [0.29, 0.717) is 24.7 Å². The summed E-state index contributed by atoms with van der Waals surface area (Å²) in [5, 5.41) is 2.61. The minimum atomic E-state index is -0.379. The Balaban J connectivity index is 1.92. The van der Waals surface area contributed by atoms with Crippen molar-refractivity contribution in [3.8, 4) is 0 Å². The Morgan fingerprint density at radius 1 is 1.45 bits per heavy atom. The van der Waals surface area contributed by atoms with E-state index in [9.17, 15) is 9.59 Å². The Morgan fingerprint density at radius 3 is 3.00 bits per heavy atom. The first-order chi connectivity index (χ1) is 9.66. The number of aromatic nitrogens is 1. The van der Waals surface area contributed by atoms with E-state index in [1.165, 1.54) is 6.92 Å². The number of carbonyl (C=O) groups is 2. The molecule has 0 fully saturated rings. The molecule has 1 amide bonds. The molecule has 0 radical (unpaired) electrons. The van der Waals surface area contributed by atoms with Crippen molar-refractivity contribution in [1.82, 2.24) is 10.3 Å². The summed E-state index contributed by atoms with van der Waals surface area (Å²) < 4.78 is 10.0. The molecule has 0 bridgehead atoms. The Bertz CT molecular complexity index is 542. The molecule has 1 aromatic rings. The van der Waals surface area contributed by atoms with Gasteiger partial charge in [-0.15, -0.1) is 0 Å². The number of esters is 1. The first-order valence-electron chi connectivity index (χ1n) is 6.23. The molecular weight excluding hydrogens is 262 g/mol. The van der Waals surface area contributed by atoms with Crippen LogP contribution in [0, 0.1) is 0 Å². The Hall–Kier alpha value is -2.44. The number of pyridine rings is 1. The van der Waals surface area contributed by atoms with Gasteiger partial charge in [0.2, 0.25) is 5.90 Å². The smallest absolute Gasteiger partial charge is 0.302 e. The van der Waals surface area contributed by atoms with Crippen molar-refractivity contribution in [2.24, 2.45) is 4.99 Å². The summed E-state index contributed by atoms with van der Waals surface area (Å²) in [5.41, 5.74) is 0.804. The van der Waals surface area contributed by atoms with Crippen molar-refractivity contribution in [2.75, 3.05) is 26.3 Å². The van der Waals surface area contributed by atoms with Crippen LogP contribution in [0.4, 0.5) is 0 Å². The highest BCUT2D eigenvalue weighted by molar-refractivity contribution is 5.96. The molecule has 1 aromatic heterocycles. The molecule has 0 saturated carbocycles. The van der Waals surface area contributed by atoms with Gasteiger partial charge in [0.25, 0.3) is 5.91 Å². The fraction of sp³-hybridized carbons (Fsp3) is 0.385.